The molecule has 0 bridgehead atoms. The first-order chi connectivity index (χ1) is 1.00. The van der Waals surface area contributed by atoms with E-state index in [0.717, 1.165) is 0 Å². The second-order valence-corrected chi connectivity index (χ2v) is 0. The van der Waals surface area contributed by atoms with Gasteiger partial charge in [0.25, 0.3) is 0 Å². The molecule has 0 unspecified atom stereocenters. The molecular weight excluding hydrogens is 246 g/mol. The van der Waals surface area contributed by atoms with Crippen molar-refractivity contribution in [3.63, 3.8) is 0 Å². The predicted octanol–water partition coefficient (Wildman–Crippen LogP) is -2.90. The smallest absolute Gasteiger partial charge is 0.512 e. The van der Waals surface area contributed by atoms with Crippen molar-refractivity contribution in [2.24, 2.45) is 0 Å². The molecule has 0 saturated carbocycles. The molecule has 1 nitrogen and oxygen atoms in total. The van der Waals surface area contributed by atoms with Crippen molar-refractivity contribution in [2.75, 3.05) is 0 Å². The first-order valence-electron chi connectivity index (χ1n) is 0.224. The third-order valence-corrected chi connectivity index (χ3v) is 0. The fourth-order valence-electron chi connectivity index (χ4n) is 0. The maximum atomic E-state index is 6.25. The average Bonchev–Trinajstić information content (AvgIpc) is 1.00. The Kier molecular flexibility index (Phi) is 137. The topological polar surface area (TPSA) is 23.8 Å². The van der Waals surface area contributed by atoms with Gasteiger partial charge in [-0.1, -0.05) is 0 Å². The zero-order valence-corrected chi connectivity index (χ0v) is 6.42. The second kappa shape index (κ2) is 29.2. The van der Waals surface area contributed by atoms with Gasteiger partial charge in [-0.2, -0.15) is 0 Å². The maximum Gasteiger partial charge on any atom is 3.00 e. The molecule has 0 rings (SSSR count). The zero-order chi connectivity index (χ0) is 2.00. The summed E-state index contributed by atoms with van der Waals surface area (Å²) in [5.74, 6) is 0. The molecule has 0 heterocycles. The van der Waals surface area contributed by atoms with E-state index in [2.05, 4.69) is 0 Å². The van der Waals surface area contributed by atoms with E-state index in [1.165, 1.54) is 0 Å². The van der Waals surface area contributed by atoms with Gasteiger partial charge in [0.05, 0.1) is 0 Å². The minimum absolute atomic E-state index is 0. The molecular formula is CAuNNa+3. The van der Waals surface area contributed by atoms with Gasteiger partial charge < -0.3 is 11.8 Å². The summed E-state index contributed by atoms with van der Waals surface area (Å²) in [7, 11) is 0. The van der Waals surface area contributed by atoms with Crippen LogP contribution in [0.3, 0.4) is 0 Å². The Balaban J connectivity index is -0.00000000500. The molecule has 0 aliphatic carbocycles. The van der Waals surface area contributed by atoms with Gasteiger partial charge in [-0.15, -0.1) is 0 Å². The number of rotatable bonds is 0. The van der Waals surface area contributed by atoms with E-state index >= 15 is 0 Å². The second-order valence-electron chi connectivity index (χ2n) is 0. The molecule has 18 valence electrons. The van der Waals surface area contributed by atoms with Crippen molar-refractivity contribution >= 4 is 0 Å². The van der Waals surface area contributed by atoms with Gasteiger partial charge in [-0.25, -0.2) is 0 Å². The van der Waals surface area contributed by atoms with Crippen LogP contribution in [0.1, 0.15) is 0 Å². The fourth-order valence-corrected chi connectivity index (χ4v) is 0. The van der Waals surface area contributed by atoms with E-state index in [-0.39, 0.29) is 51.9 Å². The van der Waals surface area contributed by atoms with Crippen LogP contribution in [0.2, 0.25) is 0 Å². The van der Waals surface area contributed by atoms with Crippen molar-refractivity contribution in [1.82, 2.24) is 0 Å². The summed E-state index contributed by atoms with van der Waals surface area (Å²) in [6, 6.07) is 0. The van der Waals surface area contributed by atoms with Crippen LogP contribution in [0, 0.1) is 11.8 Å². The van der Waals surface area contributed by atoms with Gasteiger partial charge in [0.1, 0.15) is 0 Å². The summed E-state index contributed by atoms with van der Waals surface area (Å²) in [6.07, 6.45) is 0. The largest absolute Gasteiger partial charge is 3.00 e. The van der Waals surface area contributed by atoms with Crippen molar-refractivity contribution in [3.05, 3.63) is 6.57 Å². The Morgan fingerprint density at radius 1 is 1.25 bits per heavy atom. The summed E-state index contributed by atoms with van der Waals surface area (Å²) in [6.45, 7) is 4.75. The van der Waals surface area contributed by atoms with E-state index in [1.807, 2.05) is 0 Å². The summed E-state index contributed by atoms with van der Waals surface area (Å²) >= 11 is 0. The van der Waals surface area contributed by atoms with Gasteiger partial charge in [-0.05, 0) is 0 Å². The van der Waals surface area contributed by atoms with E-state index < -0.39 is 0 Å². The van der Waals surface area contributed by atoms with E-state index in [0.29, 0.717) is 0 Å². The third kappa shape index (κ3) is 10.6. The van der Waals surface area contributed by atoms with Crippen LogP contribution >= 0.6 is 0 Å². The first kappa shape index (κ1) is 18.8. The molecule has 0 aromatic heterocycles. The molecule has 0 radical (unpaired) electrons. The Bertz CT molecular complexity index is 12.8. The van der Waals surface area contributed by atoms with Crippen molar-refractivity contribution < 1.29 is 51.9 Å². The molecule has 0 N–H and O–H groups in total. The zero-order valence-electron chi connectivity index (χ0n) is 2.25. The molecule has 0 atom stereocenters. The molecule has 0 fully saturated rings. The van der Waals surface area contributed by atoms with Crippen molar-refractivity contribution in [3.8, 4) is 0 Å². The predicted molar refractivity (Wildman–Crippen MR) is 4.97 cm³/mol. The number of hydrogen-bond acceptors (Lipinski definition) is 1. The quantitative estimate of drug-likeness (QED) is 0.332. The summed E-state index contributed by atoms with van der Waals surface area (Å²) in [4.78, 5) is 0. The monoisotopic (exact) mass is 246 g/mol. The molecule has 0 saturated heterocycles. The van der Waals surface area contributed by atoms with Crippen LogP contribution in [0.4, 0.5) is 0 Å². The molecule has 0 aliphatic heterocycles. The summed E-state index contributed by atoms with van der Waals surface area (Å²) in [5.41, 5.74) is 0. The van der Waals surface area contributed by atoms with E-state index in [1.54, 1.807) is 0 Å². The summed E-state index contributed by atoms with van der Waals surface area (Å²) in [5, 5.41) is 6.25. The minimum Gasteiger partial charge on any atom is -0.512 e. The van der Waals surface area contributed by atoms with Crippen LogP contribution < -0.4 is 29.6 Å². The molecule has 4 heavy (non-hydrogen) atoms. The van der Waals surface area contributed by atoms with Crippen molar-refractivity contribution in [2.45, 2.75) is 0 Å². The van der Waals surface area contributed by atoms with Gasteiger partial charge >= 0.3 is 51.9 Å². The molecule has 3 heteroatoms. The average molecular weight is 246 g/mol. The Morgan fingerprint density at radius 2 is 1.25 bits per heavy atom. The van der Waals surface area contributed by atoms with E-state index in [4.69, 9.17) is 11.8 Å². The van der Waals surface area contributed by atoms with Gasteiger partial charge in [0.15, 0.2) is 0 Å². The normalized spacial score (nSPS) is 0.500. The van der Waals surface area contributed by atoms with Crippen LogP contribution in [0.5, 0.6) is 0 Å². The van der Waals surface area contributed by atoms with Gasteiger partial charge in [-0.3, -0.25) is 0 Å². The Hall–Kier alpha value is 1.23. The number of hydrogen-bond donors (Lipinski definition) is 0. The Morgan fingerprint density at radius 3 is 1.25 bits per heavy atom. The van der Waals surface area contributed by atoms with Crippen LogP contribution in [0.25, 0.3) is 0 Å². The first-order valence-corrected chi connectivity index (χ1v) is 0.224. The summed E-state index contributed by atoms with van der Waals surface area (Å²) < 4.78 is 0. The Labute approximate surface area is 63.2 Å². The van der Waals surface area contributed by atoms with Gasteiger partial charge in [0.2, 0.25) is 0 Å². The number of nitrogens with zero attached hydrogens (tertiary/aromatic N) is 1. The standard InChI is InChI=1S/CN.Au.Na/c1-2;;/q-1;+3;+1. The minimum atomic E-state index is 0. The molecule has 0 spiro atoms. The molecule has 0 aromatic rings. The molecule has 0 amide bonds. The maximum absolute atomic E-state index is 6.25. The molecule has 0 aliphatic rings. The van der Waals surface area contributed by atoms with Crippen LogP contribution in [-0.4, -0.2) is 0 Å². The fraction of sp³-hybridized carbons (Fsp3) is 0. The van der Waals surface area contributed by atoms with Crippen LogP contribution in [-0.2, 0) is 22.4 Å². The van der Waals surface area contributed by atoms with Gasteiger partial charge in [0, 0.05) is 0 Å². The third-order valence-electron chi connectivity index (χ3n) is 0. The molecule has 0 aromatic carbocycles. The van der Waals surface area contributed by atoms with Crippen LogP contribution in [0.15, 0.2) is 0 Å². The van der Waals surface area contributed by atoms with E-state index in [9.17, 15) is 0 Å². The SMILES string of the molecule is [Au+3].[C-]#N.[Na+]. The van der Waals surface area contributed by atoms with Crippen molar-refractivity contribution in [1.29, 1.82) is 5.26 Å².